The van der Waals surface area contributed by atoms with Crippen LogP contribution in [0.3, 0.4) is 0 Å². The Balaban J connectivity index is 2.92. The molecule has 96 valence electrons. The molecule has 17 heavy (non-hydrogen) atoms. The molecule has 0 aliphatic heterocycles. The fourth-order valence-electron chi connectivity index (χ4n) is 1.28. The summed E-state index contributed by atoms with van der Waals surface area (Å²) < 4.78 is 25.7. The van der Waals surface area contributed by atoms with Gasteiger partial charge in [-0.3, -0.25) is 4.79 Å². The normalized spacial score (nSPS) is 12.1. The van der Waals surface area contributed by atoms with Gasteiger partial charge in [-0.1, -0.05) is 0 Å². The minimum Gasteiger partial charge on any atom is -0.313 e. The number of aryl methyl sites for hydroxylation is 2. The predicted molar refractivity (Wildman–Crippen MR) is 77.1 cm³/mol. The number of hydrogen-bond donors (Lipinski definition) is 0. The lowest BCUT2D eigenvalue weighted by Gasteiger charge is -2.10. The summed E-state index contributed by atoms with van der Waals surface area (Å²) in [6.07, 6.45) is 1.70. The molecule has 0 aromatic carbocycles. The van der Waals surface area contributed by atoms with Crippen molar-refractivity contribution in [1.82, 2.24) is 4.57 Å². The number of hydrogen-bond acceptors (Lipinski definition) is 3. The monoisotopic (exact) mass is 369 g/mol. The second kappa shape index (κ2) is 5.51. The summed E-state index contributed by atoms with van der Waals surface area (Å²) in [4.78, 5) is 11.6. The van der Waals surface area contributed by atoms with E-state index in [2.05, 4.69) is 22.6 Å². The first-order valence-corrected chi connectivity index (χ1v) is 8.11. The number of halogens is 1. The average Bonchev–Trinajstić information content (AvgIpc) is 2.21. The Morgan fingerprint density at radius 2 is 2.00 bits per heavy atom. The zero-order valence-electron chi connectivity index (χ0n) is 10.1. The van der Waals surface area contributed by atoms with Crippen LogP contribution in [0.1, 0.15) is 19.4 Å². The van der Waals surface area contributed by atoms with Gasteiger partial charge in [-0.05, 0) is 48.9 Å². The molecule has 0 amide bonds. The van der Waals surface area contributed by atoms with Gasteiger partial charge in [0, 0.05) is 22.4 Å². The van der Waals surface area contributed by atoms with E-state index in [1.54, 1.807) is 20.0 Å². The fourth-order valence-corrected chi connectivity index (χ4v) is 2.69. The van der Waals surface area contributed by atoms with E-state index < -0.39 is 15.1 Å². The standard InChI is InChI=1S/C11H16INO3S/c1-8(2)17(15,16)5-4-13-7-10(12)9(3)6-11(13)14/h6-8H,4-5H2,1-3H3. The molecule has 1 heterocycles. The predicted octanol–water partition coefficient (Wildman–Crippen LogP) is 1.58. The molecular weight excluding hydrogens is 353 g/mol. The highest BCUT2D eigenvalue weighted by atomic mass is 127. The van der Waals surface area contributed by atoms with Crippen LogP contribution in [-0.4, -0.2) is 24.0 Å². The molecule has 0 saturated heterocycles. The Labute approximate surface area is 115 Å². The van der Waals surface area contributed by atoms with Crippen molar-refractivity contribution in [3.05, 3.63) is 31.8 Å². The Hall–Kier alpha value is -0.370. The highest BCUT2D eigenvalue weighted by Crippen LogP contribution is 2.08. The Morgan fingerprint density at radius 1 is 1.41 bits per heavy atom. The topological polar surface area (TPSA) is 56.1 Å². The Morgan fingerprint density at radius 3 is 2.53 bits per heavy atom. The van der Waals surface area contributed by atoms with Gasteiger partial charge in [0.05, 0.1) is 11.0 Å². The van der Waals surface area contributed by atoms with Crippen molar-refractivity contribution in [3.63, 3.8) is 0 Å². The van der Waals surface area contributed by atoms with Gasteiger partial charge in [0.25, 0.3) is 5.56 Å². The number of pyridine rings is 1. The molecule has 0 aliphatic rings. The third kappa shape index (κ3) is 3.80. The highest BCUT2D eigenvalue weighted by Gasteiger charge is 2.16. The summed E-state index contributed by atoms with van der Waals surface area (Å²) >= 11 is 2.13. The van der Waals surface area contributed by atoms with Gasteiger partial charge in [-0.25, -0.2) is 8.42 Å². The van der Waals surface area contributed by atoms with Crippen molar-refractivity contribution in [2.24, 2.45) is 0 Å². The second-order valence-electron chi connectivity index (χ2n) is 4.25. The molecule has 0 unspecified atom stereocenters. The first-order chi connectivity index (χ1) is 7.74. The molecule has 0 aliphatic carbocycles. The van der Waals surface area contributed by atoms with Gasteiger partial charge in [-0.15, -0.1) is 0 Å². The summed E-state index contributed by atoms with van der Waals surface area (Å²) in [5.74, 6) is 0.00368. The van der Waals surface area contributed by atoms with Crippen LogP contribution in [0.25, 0.3) is 0 Å². The van der Waals surface area contributed by atoms with Crippen molar-refractivity contribution < 1.29 is 8.42 Å². The zero-order chi connectivity index (χ0) is 13.2. The van der Waals surface area contributed by atoms with Crippen molar-refractivity contribution in [2.45, 2.75) is 32.6 Å². The summed E-state index contributed by atoms with van der Waals surface area (Å²) in [6.45, 7) is 5.38. The fraction of sp³-hybridized carbons (Fsp3) is 0.545. The Bertz CT molecular complexity index is 561. The van der Waals surface area contributed by atoms with E-state index in [-0.39, 0.29) is 17.9 Å². The van der Waals surface area contributed by atoms with Crippen molar-refractivity contribution in [3.8, 4) is 0 Å². The summed E-state index contributed by atoms with van der Waals surface area (Å²) in [7, 11) is -3.10. The van der Waals surface area contributed by atoms with Gasteiger partial charge >= 0.3 is 0 Å². The summed E-state index contributed by atoms with van der Waals surface area (Å²) in [6, 6.07) is 1.53. The lowest BCUT2D eigenvalue weighted by Crippen LogP contribution is -2.27. The van der Waals surface area contributed by atoms with Crippen LogP contribution in [0.5, 0.6) is 0 Å². The van der Waals surface area contributed by atoms with Crippen molar-refractivity contribution in [2.75, 3.05) is 5.75 Å². The maximum absolute atomic E-state index is 11.6. The number of rotatable bonds is 4. The van der Waals surface area contributed by atoms with Gasteiger partial charge in [0.15, 0.2) is 9.84 Å². The van der Waals surface area contributed by atoms with Crippen LogP contribution in [0, 0.1) is 10.5 Å². The van der Waals surface area contributed by atoms with E-state index >= 15 is 0 Å². The molecule has 1 aromatic rings. The second-order valence-corrected chi connectivity index (χ2v) is 8.09. The molecule has 0 N–H and O–H groups in total. The molecule has 6 heteroatoms. The molecule has 1 rings (SSSR count). The quantitative estimate of drug-likeness (QED) is 0.758. The molecule has 1 aromatic heterocycles. The van der Waals surface area contributed by atoms with E-state index in [4.69, 9.17) is 0 Å². The molecule has 0 spiro atoms. The number of sulfone groups is 1. The lowest BCUT2D eigenvalue weighted by atomic mass is 10.3. The largest absolute Gasteiger partial charge is 0.313 e. The van der Waals surface area contributed by atoms with Gasteiger partial charge in [-0.2, -0.15) is 0 Å². The maximum atomic E-state index is 11.6. The molecular formula is C11H16INO3S. The van der Waals surface area contributed by atoms with Crippen LogP contribution < -0.4 is 5.56 Å². The first kappa shape index (κ1) is 14.7. The maximum Gasteiger partial charge on any atom is 0.250 e. The van der Waals surface area contributed by atoms with Gasteiger partial charge in [0.1, 0.15) is 0 Å². The molecule has 0 fully saturated rings. The number of aromatic nitrogens is 1. The van der Waals surface area contributed by atoms with E-state index in [0.29, 0.717) is 0 Å². The van der Waals surface area contributed by atoms with Gasteiger partial charge < -0.3 is 4.57 Å². The van der Waals surface area contributed by atoms with E-state index in [0.717, 1.165) is 9.13 Å². The molecule has 0 atom stereocenters. The number of nitrogens with zero attached hydrogens (tertiary/aromatic N) is 1. The minimum atomic E-state index is -3.10. The third-order valence-corrected chi connectivity index (χ3v) is 5.92. The molecule has 0 radical (unpaired) electrons. The third-order valence-electron chi connectivity index (χ3n) is 2.60. The lowest BCUT2D eigenvalue weighted by molar-refractivity contribution is 0.578. The molecule has 0 bridgehead atoms. The highest BCUT2D eigenvalue weighted by molar-refractivity contribution is 14.1. The first-order valence-electron chi connectivity index (χ1n) is 5.32. The van der Waals surface area contributed by atoms with Crippen LogP contribution in [0.2, 0.25) is 0 Å². The van der Waals surface area contributed by atoms with Gasteiger partial charge in [0.2, 0.25) is 0 Å². The average molecular weight is 369 g/mol. The van der Waals surface area contributed by atoms with E-state index in [1.807, 2.05) is 6.92 Å². The molecule has 0 saturated carbocycles. The van der Waals surface area contributed by atoms with Crippen molar-refractivity contribution >= 4 is 32.4 Å². The van der Waals surface area contributed by atoms with Crippen molar-refractivity contribution in [1.29, 1.82) is 0 Å². The van der Waals surface area contributed by atoms with Crippen LogP contribution in [0.4, 0.5) is 0 Å². The molecule has 4 nitrogen and oxygen atoms in total. The summed E-state index contributed by atoms with van der Waals surface area (Å²) in [5.41, 5.74) is 0.764. The van der Waals surface area contributed by atoms with Crippen LogP contribution >= 0.6 is 22.6 Å². The minimum absolute atomic E-state index is 0.00368. The zero-order valence-corrected chi connectivity index (χ0v) is 13.1. The SMILES string of the molecule is Cc1cc(=O)n(CCS(=O)(=O)C(C)C)cc1I. The van der Waals surface area contributed by atoms with E-state index in [9.17, 15) is 13.2 Å². The van der Waals surface area contributed by atoms with Crippen LogP contribution in [0.15, 0.2) is 17.1 Å². The van der Waals surface area contributed by atoms with Crippen LogP contribution in [-0.2, 0) is 16.4 Å². The smallest absolute Gasteiger partial charge is 0.250 e. The Kier molecular flexibility index (Phi) is 4.77. The summed E-state index contributed by atoms with van der Waals surface area (Å²) in [5, 5.41) is -0.400. The van der Waals surface area contributed by atoms with E-state index in [1.165, 1.54) is 10.6 Å².